The third-order valence-corrected chi connectivity index (χ3v) is 5.40. The van der Waals surface area contributed by atoms with Crippen LogP contribution in [0.15, 0.2) is 47.8 Å². The zero-order chi connectivity index (χ0) is 15.1. The molecule has 0 aliphatic carbocycles. The lowest BCUT2D eigenvalue weighted by Gasteiger charge is -2.33. The van der Waals surface area contributed by atoms with E-state index in [4.69, 9.17) is 0 Å². The van der Waals surface area contributed by atoms with Gasteiger partial charge in [-0.05, 0) is 41.3 Å². The normalized spacial score (nSPS) is 18.1. The maximum atomic E-state index is 9.72. The van der Waals surface area contributed by atoms with E-state index in [0.717, 1.165) is 29.6 Å². The van der Waals surface area contributed by atoms with Gasteiger partial charge in [0.05, 0.1) is 5.56 Å². The lowest BCUT2D eigenvalue weighted by molar-refractivity contribution is 0.295. The molecule has 0 saturated carbocycles. The molecule has 0 bridgehead atoms. The first-order chi connectivity index (χ1) is 10.8. The van der Waals surface area contributed by atoms with Crippen LogP contribution in [-0.4, -0.2) is 18.5 Å². The molecule has 3 heteroatoms. The highest BCUT2D eigenvalue weighted by atomic mass is 32.1. The van der Waals surface area contributed by atoms with Gasteiger partial charge >= 0.3 is 0 Å². The minimum Gasteiger partial charge on any atom is -0.301 e. The minimum absolute atomic E-state index is 0.272. The van der Waals surface area contributed by atoms with Crippen LogP contribution in [0, 0.1) is 11.3 Å². The molecule has 1 aliphatic rings. The average Bonchev–Trinajstić information content (AvgIpc) is 3.01. The third kappa shape index (κ3) is 2.04. The van der Waals surface area contributed by atoms with Crippen LogP contribution in [0.1, 0.15) is 28.2 Å². The molecule has 0 spiro atoms. The number of nitrogens with zero attached hydrogens (tertiary/aromatic N) is 2. The van der Waals surface area contributed by atoms with Crippen LogP contribution >= 0.6 is 11.3 Å². The molecule has 22 heavy (non-hydrogen) atoms. The van der Waals surface area contributed by atoms with Crippen molar-refractivity contribution in [2.75, 3.05) is 13.6 Å². The molecule has 0 radical (unpaired) electrons. The molecule has 2 nitrogen and oxygen atoms in total. The molecule has 108 valence electrons. The van der Waals surface area contributed by atoms with Gasteiger partial charge < -0.3 is 4.90 Å². The van der Waals surface area contributed by atoms with Crippen molar-refractivity contribution in [1.29, 1.82) is 5.26 Å². The fourth-order valence-corrected chi connectivity index (χ4v) is 4.32. The molecule has 2 aromatic carbocycles. The lowest BCUT2D eigenvalue weighted by atomic mass is 9.82. The molecule has 0 fully saturated rings. The van der Waals surface area contributed by atoms with Gasteiger partial charge in [-0.15, -0.1) is 11.3 Å². The van der Waals surface area contributed by atoms with E-state index in [0.29, 0.717) is 0 Å². The molecule has 0 N–H and O–H groups in total. The quantitative estimate of drug-likeness (QED) is 0.668. The van der Waals surface area contributed by atoms with Gasteiger partial charge in [0.15, 0.2) is 0 Å². The van der Waals surface area contributed by atoms with E-state index in [1.165, 1.54) is 15.8 Å². The molecule has 1 aliphatic heterocycles. The molecule has 4 rings (SSSR count). The summed E-state index contributed by atoms with van der Waals surface area (Å²) in [5, 5.41) is 12.9. The second-order valence-electron chi connectivity index (χ2n) is 5.92. The van der Waals surface area contributed by atoms with Gasteiger partial charge in [-0.2, -0.15) is 5.26 Å². The maximum absolute atomic E-state index is 9.72. The minimum atomic E-state index is 0.272. The van der Waals surface area contributed by atoms with Crippen molar-refractivity contribution in [3.63, 3.8) is 0 Å². The van der Waals surface area contributed by atoms with E-state index in [-0.39, 0.29) is 5.92 Å². The fourth-order valence-electron chi connectivity index (χ4n) is 3.53. The summed E-state index contributed by atoms with van der Waals surface area (Å²) in [6.45, 7) is 1.94. The average molecular weight is 304 g/mol. The van der Waals surface area contributed by atoms with Crippen LogP contribution in [0.25, 0.3) is 10.1 Å². The summed E-state index contributed by atoms with van der Waals surface area (Å²) in [6.07, 6.45) is 0. The predicted molar refractivity (Wildman–Crippen MR) is 91.2 cm³/mol. The first-order valence-electron chi connectivity index (χ1n) is 7.44. The van der Waals surface area contributed by atoms with Gasteiger partial charge in [-0.25, -0.2) is 0 Å². The molecule has 0 amide bonds. The Labute approximate surface area is 134 Å². The number of thiophene rings is 1. The Kier molecular flexibility index (Phi) is 3.22. The zero-order valence-electron chi connectivity index (χ0n) is 12.4. The molecule has 1 atom stereocenters. The number of rotatable bonds is 1. The van der Waals surface area contributed by atoms with Crippen molar-refractivity contribution in [1.82, 2.24) is 4.90 Å². The summed E-state index contributed by atoms with van der Waals surface area (Å²) in [5.41, 5.74) is 4.74. The summed E-state index contributed by atoms with van der Waals surface area (Å²) >= 11 is 1.70. The standard InChI is InChI=1S/C19H16N2S/c1-21-11-13-4-2-3-5-14(13)18(12-21)15-6-7-19-16(8-9-22-19)17(15)10-20/h2-9,18H,11-12H2,1H3. The Morgan fingerprint density at radius 3 is 2.86 bits per heavy atom. The summed E-state index contributed by atoms with van der Waals surface area (Å²) in [7, 11) is 2.15. The first-order valence-corrected chi connectivity index (χ1v) is 8.32. The van der Waals surface area contributed by atoms with Gasteiger partial charge in [0.25, 0.3) is 0 Å². The second-order valence-corrected chi connectivity index (χ2v) is 6.87. The van der Waals surface area contributed by atoms with Crippen molar-refractivity contribution < 1.29 is 0 Å². The van der Waals surface area contributed by atoms with Crippen LogP contribution in [0.4, 0.5) is 0 Å². The van der Waals surface area contributed by atoms with Gasteiger partial charge in [0, 0.05) is 29.1 Å². The van der Waals surface area contributed by atoms with E-state index < -0.39 is 0 Å². The highest BCUT2D eigenvalue weighted by Crippen LogP contribution is 2.37. The zero-order valence-corrected chi connectivity index (χ0v) is 13.2. The van der Waals surface area contributed by atoms with Crippen LogP contribution in [0.5, 0.6) is 0 Å². The van der Waals surface area contributed by atoms with Crippen LogP contribution < -0.4 is 0 Å². The van der Waals surface area contributed by atoms with Gasteiger partial charge in [0.1, 0.15) is 6.07 Å². The van der Waals surface area contributed by atoms with Crippen molar-refractivity contribution in [2.24, 2.45) is 0 Å². The Balaban J connectivity index is 1.94. The molecule has 1 unspecified atom stereocenters. The SMILES string of the molecule is CN1Cc2ccccc2C(c2ccc3sccc3c2C#N)C1. The molecule has 1 aromatic heterocycles. The molecular weight excluding hydrogens is 288 g/mol. The number of hydrogen-bond acceptors (Lipinski definition) is 3. The number of benzene rings is 2. The van der Waals surface area contributed by atoms with Crippen molar-refractivity contribution in [3.8, 4) is 6.07 Å². The predicted octanol–water partition coefficient (Wildman–Crippen LogP) is 4.35. The number of nitriles is 1. The number of likely N-dealkylation sites (N-methyl/N-ethyl adjacent to an activating group) is 1. The highest BCUT2D eigenvalue weighted by molar-refractivity contribution is 7.17. The van der Waals surface area contributed by atoms with Gasteiger partial charge in [0.2, 0.25) is 0 Å². The number of hydrogen-bond donors (Lipinski definition) is 0. The van der Waals surface area contributed by atoms with E-state index in [1.807, 2.05) is 0 Å². The van der Waals surface area contributed by atoms with Crippen LogP contribution in [-0.2, 0) is 6.54 Å². The topological polar surface area (TPSA) is 27.0 Å². The van der Waals surface area contributed by atoms with Crippen LogP contribution in [0.2, 0.25) is 0 Å². The molecule has 2 heterocycles. The van der Waals surface area contributed by atoms with E-state index >= 15 is 0 Å². The smallest absolute Gasteiger partial charge is 0.100 e. The van der Waals surface area contributed by atoms with E-state index in [2.05, 4.69) is 65.9 Å². The summed E-state index contributed by atoms with van der Waals surface area (Å²) in [4.78, 5) is 2.34. The third-order valence-electron chi connectivity index (χ3n) is 4.52. The summed E-state index contributed by atoms with van der Waals surface area (Å²) < 4.78 is 1.19. The highest BCUT2D eigenvalue weighted by Gasteiger charge is 2.27. The van der Waals surface area contributed by atoms with Crippen molar-refractivity contribution >= 4 is 21.4 Å². The second kappa shape index (κ2) is 5.24. The van der Waals surface area contributed by atoms with Crippen molar-refractivity contribution in [2.45, 2.75) is 12.5 Å². The van der Waals surface area contributed by atoms with Gasteiger partial charge in [-0.1, -0.05) is 30.3 Å². The summed E-state index contributed by atoms with van der Waals surface area (Å²) in [6, 6.07) is 17.5. The molecular formula is C19H16N2S. The van der Waals surface area contributed by atoms with Crippen molar-refractivity contribution in [3.05, 3.63) is 70.1 Å². The Bertz CT molecular complexity index is 888. The summed E-state index contributed by atoms with van der Waals surface area (Å²) in [5.74, 6) is 0.272. The van der Waals surface area contributed by atoms with E-state index in [1.54, 1.807) is 11.3 Å². The Morgan fingerprint density at radius 1 is 1.14 bits per heavy atom. The lowest BCUT2D eigenvalue weighted by Crippen LogP contribution is -2.31. The van der Waals surface area contributed by atoms with Crippen LogP contribution in [0.3, 0.4) is 0 Å². The maximum Gasteiger partial charge on any atom is 0.100 e. The van der Waals surface area contributed by atoms with E-state index in [9.17, 15) is 5.26 Å². The Hall–Kier alpha value is -2.15. The Morgan fingerprint density at radius 2 is 2.00 bits per heavy atom. The monoisotopic (exact) mass is 304 g/mol. The van der Waals surface area contributed by atoms with Gasteiger partial charge in [-0.3, -0.25) is 0 Å². The molecule has 0 saturated heterocycles. The first kappa shape index (κ1) is 13.5. The largest absolute Gasteiger partial charge is 0.301 e. The molecule has 3 aromatic rings. The fraction of sp³-hybridized carbons (Fsp3) is 0.211. The number of fused-ring (bicyclic) bond motifs is 2.